The van der Waals surface area contributed by atoms with Crippen molar-refractivity contribution in [3.05, 3.63) is 29.8 Å². The lowest BCUT2D eigenvalue weighted by Gasteiger charge is -2.17. The zero-order valence-electron chi connectivity index (χ0n) is 11.5. The fourth-order valence-corrected chi connectivity index (χ4v) is 3.22. The molecule has 0 radical (unpaired) electrons. The van der Waals surface area contributed by atoms with E-state index in [2.05, 4.69) is 4.72 Å². The summed E-state index contributed by atoms with van der Waals surface area (Å²) < 4.78 is 64.8. The molecule has 0 fully saturated rings. The van der Waals surface area contributed by atoms with Crippen molar-refractivity contribution in [2.24, 2.45) is 5.92 Å². The number of alkyl halides is 3. The lowest BCUT2D eigenvalue weighted by molar-refractivity contribution is -0.139. The maximum absolute atomic E-state index is 12.8. The van der Waals surface area contributed by atoms with Gasteiger partial charge in [-0.2, -0.15) is 13.2 Å². The Morgan fingerprint density at radius 1 is 1.29 bits per heavy atom. The molecule has 4 nitrogen and oxygen atoms in total. The Labute approximate surface area is 122 Å². The average Bonchev–Trinajstić information content (AvgIpc) is 2.42. The van der Waals surface area contributed by atoms with Crippen LogP contribution in [0.2, 0.25) is 0 Å². The van der Waals surface area contributed by atoms with Crippen LogP contribution in [0.25, 0.3) is 0 Å². The third-order valence-corrected chi connectivity index (χ3v) is 4.64. The van der Waals surface area contributed by atoms with Crippen LogP contribution in [-0.4, -0.2) is 26.7 Å². The van der Waals surface area contributed by atoms with E-state index in [4.69, 9.17) is 5.11 Å². The maximum Gasteiger partial charge on any atom is 0.417 e. The van der Waals surface area contributed by atoms with E-state index >= 15 is 0 Å². The first-order valence-corrected chi connectivity index (χ1v) is 7.97. The molecule has 2 N–H and O–H groups in total. The van der Waals surface area contributed by atoms with Crippen molar-refractivity contribution in [1.29, 1.82) is 0 Å². The SMILES string of the molecule is CCC(CCO)CNS(=O)(=O)c1ccccc1C(F)(F)F. The smallest absolute Gasteiger partial charge is 0.396 e. The standard InChI is InChI=1S/C13H18F3NO3S/c1-2-10(7-8-18)9-17-21(19,20)12-6-4-3-5-11(12)13(14,15)16/h3-6,10,17-18H,2,7-9H2,1H3. The van der Waals surface area contributed by atoms with E-state index < -0.39 is 26.7 Å². The van der Waals surface area contributed by atoms with Crippen LogP contribution < -0.4 is 4.72 Å². The van der Waals surface area contributed by atoms with Crippen molar-refractivity contribution in [1.82, 2.24) is 4.72 Å². The van der Waals surface area contributed by atoms with Crippen LogP contribution >= 0.6 is 0 Å². The molecule has 8 heteroatoms. The van der Waals surface area contributed by atoms with Gasteiger partial charge in [0.1, 0.15) is 0 Å². The molecule has 0 aromatic heterocycles. The van der Waals surface area contributed by atoms with Gasteiger partial charge in [0.15, 0.2) is 0 Å². The van der Waals surface area contributed by atoms with Crippen molar-refractivity contribution in [2.75, 3.05) is 13.2 Å². The van der Waals surface area contributed by atoms with E-state index in [0.717, 1.165) is 18.2 Å². The second-order valence-corrected chi connectivity index (χ2v) is 6.37. The van der Waals surface area contributed by atoms with E-state index in [0.29, 0.717) is 12.8 Å². The molecular weight excluding hydrogens is 307 g/mol. The lowest BCUT2D eigenvalue weighted by atomic mass is 10.0. The monoisotopic (exact) mass is 325 g/mol. The number of aliphatic hydroxyl groups is 1. The predicted octanol–water partition coefficient (Wildman–Crippen LogP) is 2.39. The predicted molar refractivity (Wildman–Crippen MR) is 72.1 cm³/mol. The number of rotatable bonds is 7. The molecule has 120 valence electrons. The normalized spacial score (nSPS) is 14.1. The zero-order valence-corrected chi connectivity index (χ0v) is 12.3. The van der Waals surface area contributed by atoms with Crippen LogP contribution in [-0.2, 0) is 16.2 Å². The molecule has 0 saturated heterocycles. The van der Waals surface area contributed by atoms with Gasteiger partial charge in [-0.3, -0.25) is 0 Å². The van der Waals surface area contributed by atoms with Gasteiger partial charge < -0.3 is 5.11 Å². The summed E-state index contributed by atoms with van der Waals surface area (Å²) in [5.41, 5.74) is -1.19. The third-order valence-electron chi connectivity index (χ3n) is 3.16. The molecule has 0 aliphatic carbocycles. The summed E-state index contributed by atoms with van der Waals surface area (Å²) in [6.07, 6.45) is -3.73. The summed E-state index contributed by atoms with van der Waals surface area (Å²) in [7, 11) is -4.25. The van der Waals surface area contributed by atoms with E-state index in [1.165, 1.54) is 6.07 Å². The van der Waals surface area contributed by atoms with E-state index in [9.17, 15) is 21.6 Å². The molecule has 21 heavy (non-hydrogen) atoms. The molecule has 0 saturated carbocycles. The fraction of sp³-hybridized carbons (Fsp3) is 0.538. The van der Waals surface area contributed by atoms with Gasteiger partial charge in [-0.05, 0) is 24.5 Å². The highest BCUT2D eigenvalue weighted by molar-refractivity contribution is 7.89. The number of halogens is 3. The Morgan fingerprint density at radius 2 is 1.90 bits per heavy atom. The number of hydrogen-bond donors (Lipinski definition) is 2. The van der Waals surface area contributed by atoms with E-state index in [1.807, 2.05) is 6.92 Å². The highest BCUT2D eigenvalue weighted by Gasteiger charge is 2.36. The molecule has 1 unspecified atom stereocenters. The van der Waals surface area contributed by atoms with Crippen LogP contribution in [0.4, 0.5) is 13.2 Å². The lowest BCUT2D eigenvalue weighted by Crippen LogP contribution is -2.31. The largest absolute Gasteiger partial charge is 0.417 e. The minimum absolute atomic E-state index is 0.00835. The Kier molecular flexibility index (Phi) is 6.18. The molecule has 1 aromatic rings. The number of aliphatic hydroxyl groups excluding tert-OH is 1. The summed E-state index contributed by atoms with van der Waals surface area (Å²) in [5, 5.41) is 8.84. The minimum Gasteiger partial charge on any atom is -0.396 e. The Bertz CT molecular complexity index is 558. The first-order valence-electron chi connectivity index (χ1n) is 6.49. The van der Waals surface area contributed by atoms with Crippen LogP contribution in [0.1, 0.15) is 25.3 Å². The van der Waals surface area contributed by atoms with Crippen molar-refractivity contribution in [3.63, 3.8) is 0 Å². The molecule has 0 aliphatic rings. The van der Waals surface area contributed by atoms with Crippen molar-refractivity contribution < 1.29 is 26.7 Å². The van der Waals surface area contributed by atoms with Crippen molar-refractivity contribution >= 4 is 10.0 Å². The van der Waals surface area contributed by atoms with E-state index in [-0.39, 0.29) is 19.1 Å². The number of nitrogens with one attached hydrogen (secondary N) is 1. The molecular formula is C13H18F3NO3S. The Hall–Kier alpha value is -1.12. The second kappa shape index (κ2) is 7.24. The molecule has 1 atom stereocenters. The fourth-order valence-electron chi connectivity index (χ4n) is 1.87. The number of sulfonamides is 1. The van der Waals surface area contributed by atoms with Gasteiger partial charge in [-0.1, -0.05) is 25.5 Å². The van der Waals surface area contributed by atoms with Crippen LogP contribution in [0.15, 0.2) is 29.2 Å². The third kappa shape index (κ3) is 4.98. The summed E-state index contributed by atoms with van der Waals surface area (Å²) in [6.45, 7) is 1.71. The van der Waals surface area contributed by atoms with Gasteiger partial charge in [-0.25, -0.2) is 13.1 Å². The van der Waals surface area contributed by atoms with E-state index in [1.54, 1.807) is 0 Å². The topological polar surface area (TPSA) is 66.4 Å². The van der Waals surface area contributed by atoms with Gasteiger partial charge >= 0.3 is 6.18 Å². The Balaban J connectivity index is 2.99. The van der Waals surface area contributed by atoms with Gasteiger partial charge in [0, 0.05) is 13.2 Å². The maximum atomic E-state index is 12.8. The zero-order chi connectivity index (χ0) is 16.1. The summed E-state index contributed by atoms with van der Waals surface area (Å²) in [4.78, 5) is -0.781. The molecule has 0 aliphatic heterocycles. The Morgan fingerprint density at radius 3 is 2.43 bits per heavy atom. The quantitative estimate of drug-likeness (QED) is 0.809. The summed E-state index contributed by atoms with van der Waals surface area (Å²) >= 11 is 0. The molecule has 0 heterocycles. The molecule has 1 aromatic carbocycles. The van der Waals surface area contributed by atoms with Crippen LogP contribution in [0.3, 0.4) is 0 Å². The number of benzene rings is 1. The first-order chi connectivity index (χ1) is 9.72. The van der Waals surface area contributed by atoms with Crippen LogP contribution in [0, 0.1) is 5.92 Å². The van der Waals surface area contributed by atoms with Gasteiger partial charge in [-0.15, -0.1) is 0 Å². The summed E-state index contributed by atoms with van der Waals surface area (Å²) in [5.74, 6) is -0.122. The summed E-state index contributed by atoms with van der Waals surface area (Å²) in [6, 6.07) is 4.05. The van der Waals surface area contributed by atoms with Crippen molar-refractivity contribution in [2.45, 2.75) is 30.8 Å². The second-order valence-electron chi connectivity index (χ2n) is 4.63. The minimum atomic E-state index is -4.74. The van der Waals surface area contributed by atoms with Gasteiger partial charge in [0.25, 0.3) is 0 Å². The molecule has 0 spiro atoms. The van der Waals surface area contributed by atoms with Gasteiger partial charge in [0.2, 0.25) is 10.0 Å². The molecule has 0 bridgehead atoms. The highest BCUT2D eigenvalue weighted by Crippen LogP contribution is 2.33. The highest BCUT2D eigenvalue weighted by atomic mass is 32.2. The number of hydrogen-bond acceptors (Lipinski definition) is 3. The first kappa shape index (κ1) is 17.9. The average molecular weight is 325 g/mol. The molecule has 0 amide bonds. The van der Waals surface area contributed by atoms with Gasteiger partial charge in [0.05, 0.1) is 10.5 Å². The molecule has 1 rings (SSSR count). The van der Waals surface area contributed by atoms with Crippen molar-refractivity contribution in [3.8, 4) is 0 Å². The van der Waals surface area contributed by atoms with Crippen LogP contribution in [0.5, 0.6) is 0 Å².